The Balaban J connectivity index is 1.46. The Morgan fingerprint density at radius 2 is 1.68 bits per heavy atom. The van der Waals surface area contributed by atoms with Crippen LogP contribution in [-0.4, -0.2) is 114 Å². The van der Waals surface area contributed by atoms with Crippen molar-refractivity contribution < 1.29 is 43.9 Å². The van der Waals surface area contributed by atoms with Crippen molar-refractivity contribution in [3.63, 3.8) is 0 Å². The summed E-state index contributed by atoms with van der Waals surface area (Å²) in [6.07, 6.45) is 0. The number of aliphatic hydroxyl groups is 4. The number of rotatable bonds is 6. The number of halogens is 1. The van der Waals surface area contributed by atoms with E-state index < -0.39 is 51.5 Å². The fraction of sp³-hybridized carbons (Fsp3) is 0.400. The number of imide groups is 1. The van der Waals surface area contributed by atoms with E-state index in [1.807, 2.05) is 0 Å². The Hall–Kier alpha value is -3.27. The standard InChI is InChI=1S/C25H24B3FN4O8/c26-22(20(35)31-21(36)23(27,37)25(22,28)40)33-19(34)15-2-1-3-17(18(15)24(33,38)39)30-11-14-10-13(4-5-16(14)29)12-32-6-8-41-9-7-32/h1-5,10,30,37-40H,6-9,11-12H2,(H,31,35,36). The molecule has 6 N–H and O–H groups in total. The van der Waals surface area contributed by atoms with Crippen LogP contribution in [0.3, 0.4) is 0 Å². The number of anilines is 1. The van der Waals surface area contributed by atoms with Crippen LogP contribution in [0.25, 0.3) is 0 Å². The molecule has 3 atom stereocenters. The molecule has 0 saturated carbocycles. The van der Waals surface area contributed by atoms with E-state index in [4.69, 9.17) is 28.3 Å². The predicted octanol–water partition coefficient (Wildman–Crippen LogP) is -2.94. The molecule has 2 aromatic rings. The van der Waals surface area contributed by atoms with Crippen molar-refractivity contribution in [3.8, 4) is 0 Å². The highest BCUT2D eigenvalue weighted by molar-refractivity contribution is 6.46. The SMILES string of the molecule is [B]C1(O)C(=O)NC(=O)C([B])(N2C(=O)c3cccc(NCc4cc(CN5CCOCC5)ccc4F)c3C2(O)O)C1([B])O. The third kappa shape index (κ3) is 4.37. The van der Waals surface area contributed by atoms with Crippen molar-refractivity contribution in [1.29, 1.82) is 0 Å². The maximum absolute atomic E-state index is 14.7. The molecular weight excluding hydrogens is 536 g/mol. The number of fused-ring (bicyclic) bond motifs is 1. The Morgan fingerprint density at radius 1 is 1.00 bits per heavy atom. The summed E-state index contributed by atoms with van der Waals surface area (Å²) in [6.45, 7) is 3.07. The van der Waals surface area contributed by atoms with Crippen molar-refractivity contribution in [2.75, 3.05) is 31.6 Å². The first-order valence-electron chi connectivity index (χ1n) is 12.6. The van der Waals surface area contributed by atoms with Crippen LogP contribution in [0, 0.1) is 5.82 Å². The van der Waals surface area contributed by atoms with Gasteiger partial charge in [0.25, 0.3) is 17.7 Å². The van der Waals surface area contributed by atoms with Crippen LogP contribution in [-0.2, 0) is 33.3 Å². The van der Waals surface area contributed by atoms with Gasteiger partial charge >= 0.3 is 0 Å². The Morgan fingerprint density at radius 3 is 2.37 bits per heavy atom. The molecule has 6 radical (unpaired) electrons. The zero-order valence-corrected chi connectivity index (χ0v) is 21.6. The number of benzene rings is 2. The molecule has 12 nitrogen and oxygen atoms in total. The smallest absolute Gasteiger partial charge is 0.280 e. The zero-order valence-electron chi connectivity index (χ0n) is 21.6. The molecule has 41 heavy (non-hydrogen) atoms. The van der Waals surface area contributed by atoms with Gasteiger partial charge in [-0.3, -0.25) is 29.5 Å². The van der Waals surface area contributed by atoms with E-state index in [1.165, 1.54) is 24.3 Å². The average molecular weight is 560 g/mol. The molecule has 2 saturated heterocycles. The molecule has 2 aromatic carbocycles. The highest BCUT2D eigenvalue weighted by Crippen LogP contribution is 2.48. The lowest BCUT2D eigenvalue weighted by Gasteiger charge is -2.58. The van der Waals surface area contributed by atoms with Gasteiger partial charge in [-0.15, -0.1) is 0 Å². The van der Waals surface area contributed by atoms with Gasteiger partial charge < -0.3 is 30.5 Å². The molecule has 3 unspecified atom stereocenters. The molecule has 3 amide bonds. The minimum absolute atomic E-state index is 0.0687. The van der Waals surface area contributed by atoms with Gasteiger partial charge in [-0.1, -0.05) is 12.1 Å². The molecule has 3 aliphatic rings. The molecule has 0 aliphatic carbocycles. The number of carbonyl (C=O) groups excluding carboxylic acids is 3. The maximum Gasteiger partial charge on any atom is 0.280 e. The second kappa shape index (κ2) is 9.93. The van der Waals surface area contributed by atoms with E-state index in [9.17, 15) is 39.2 Å². The van der Waals surface area contributed by atoms with Crippen LogP contribution < -0.4 is 10.6 Å². The first-order valence-corrected chi connectivity index (χ1v) is 12.6. The summed E-state index contributed by atoms with van der Waals surface area (Å²) in [4.78, 5) is 40.4. The second-order valence-corrected chi connectivity index (χ2v) is 10.3. The summed E-state index contributed by atoms with van der Waals surface area (Å²) in [5, 5.41) is 48.1. The van der Waals surface area contributed by atoms with Crippen LogP contribution in [0.4, 0.5) is 10.1 Å². The fourth-order valence-corrected chi connectivity index (χ4v) is 5.29. The van der Waals surface area contributed by atoms with E-state index in [0.29, 0.717) is 19.8 Å². The molecular formula is C25H24B3FN4O8. The first-order chi connectivity index (χ1) is 19.1. The molecule has 0 bridgehead atoms. The quantitative estimate of drug-likeness (QED) is 0.122. The molecule has 0 aromatic heterocycles. The number of hydrogen-bond acceptors (Lipinski definition) is 10. The maximum atomic E-state index is 14.7. The average Bonchev–Trinajstić information content (AvgIpc) is 3.13. The van der Waals surface area contributed by atoms with E-state index >= 15 is 0 Å². The topological polar surface area (TPSA) is 172 Å². The number of ether oxygens (including phenoxy) is 1. The molecule has 0 spiro atoms. The minimum atomic E-state index is -3.61. The van der Waals surface area contributed by atoms with Gasteiger partial charge in [-0.05, 0) is 29.8 Å². The van der Waals surface area contributed by atoms with Crippen molar-refractivity contribution in [2.45, 2.75) is 35.4 Å². The van der Waals surface area contributed by atoms with Crippen molar-refractivity contribution in [2.24, 2.45) is 0 Å². The van der Waals surface area contributed by atoms with E-state index in [0.717, 1.165) is 18.7 Å². The van der Waals surface area contributed by atoms with Gasteiger partial charge in [0.2, 0.25) is 5.91 Å². The van der Waals surface area contributed by atoms with Crippen molar-refractivity contribution in [1.82, 2.24) is 15.1 Å². The number of piperidine rings is 1. The van der Waals surface area contributed by atoms with Crippen molar-refractivity contribution in [3.05, 3.63) is 64.5 Å². The number of nitrogens with zero attached hydrogens (tertiary/aromatic N) is 2. The Labute approximate surface area is 237 Å². The number of morpholine rings is 1. The normalized spacial score (nSPS) is 29.8. The molecule has 2 fully saturated rings. The van der Waals surface area contributed by atoms with E-state index in [2.05, 4.69) is 10.2 Å². The van der Waals surface area contributed by atoms with Gasteiger partial charge in [0, 0.05) is 37.4 Å². The minimum Gasteiger partial charge on any atom is -0.395 e. The lowest BCUT2D eigenvalue weighted by atomic mass is 9.43. The lowest BCUT2D eigenvalue weighted by Crippen LogP contribution is -2.87. The zero-order chi connectivity index (χ0) is 30.0. The summed E-state index contributed by atoms with van der Waals surface area (Å²) in [7, 11) is 17.1. The summed E-state index contributed by atoms with van der Waals surface area (Å²) in [6, 6.07) is 8.52. The van der Waals surface area contributed by atoms with Crippen LogP contribution in [0.2, 0.25) is 0 Å². The number of carbonyl (C=O) groups is 3. The van der Waals surface area contributed by atoms with Gasteiger partial charge in [-0.2, -0.15) is 0 Å². The van der Waals surface area contributed by atoms with E-state index in [1.54, 1.807) is 17.4 Å². The summed E-state index contributed by atoms with van der Waals surface area (Å²) >= 11 is 0. The largest absolute Gasteiger partial charge is 0.395 e. The van der Waals surface area contributed by atoms with Gasteiger partial charge in [-0.25, -0.2) is 4.39 Å². The number of hydrogen-bond donors (Lipinski definition) is 6. The second-order valence-electron chi connectivity index (χ2n) is 10.3. The van der Waals surface area contributed by atoms with Crippen LogP contribution in [0.5, 0.6) is 0 Å². The number of amides is 3. The highest BCUT2D eigenvalue weighted by Gasteiger charge is 2.71. The summed E-state index contributed by atoms with van der Waals surface area (Å²) in [5.41, 5.74) is -10.3. The molecule has 3 aliphatic heterocycles. The molecule has 16 heteroatoms. The van der Waals surface area contributed by atoms with Crippen LogP contribution in [0.15, 0.2) is 36.4 Å². The lowest BCUT2D eigenvalue weighted by molar-refractivity contribution is -0.279. The highest BCUT2D eigenvalue weighted by atomic mass is 19.1. The van der Waals surface area contributed by atoms with Gasteiger partial charge in [0.1, 0.15) is 40.3 Å². The predicted molar refractivity (Wildman–Crippen MR) is 142 cm³/mol. The van der Waals surface area contributed by atoms with Crippen molar-refractivity contribution >= 4 is 46.9 Å². The number of nitrogens with one attached hydrogen (secondary N) is 2. The molecule has 208 valence electrons. The monoisotopic (exact) mass is 560 g/mol. The third-order valence-corrected chi connectivity index (χ3v) is 7.67. The van der Waals surface area contributed by atoms with Gasteiger partial charge in [0.15, 0.2) is 0 Å². The molecule has 5 rings (SSSR count). The van der Waals surface area contributed by atoms with E-state index in [-0.39, 0.29) is 28.3 Å². The Bertz CT molecular complexity index is 1440. The Kier molecular flexibility index (Phi) is 7.08. The molecule has 3 heterocycles. The first kappa shape index (κ1) is 29.2. The van der Waals surface area contributed by atoms with Crippen LogP contribution in [0.1, 0.15) is 27.0 Å². The summed E-state index contributed by atoms with van der Waals surface area (Å²) < 4.78 is 20.1. The van der Waals surface area contributed by atoms with Crippen LogP contribution >= 0.6 is 0 Å². The van der Waals surface area contributed by atoms with Gasteiger partial charge in [0.05, 0.1) is 29.8 Å². The fourth-order valence-electron chi connectivity index (χ4n) is 5.29. The summed E-state index contributed by atoms with van der Waals surface area (Å²) in [5.74, 6) is -8.57. The third-order valence-electron chi connectivity index (χ3n) is 7.67.